The Morgan fingerprint density at radius 1 is 1.10 bits per heavy atom. The number of rotatable bonds is 5. The van der Waals surface area contributed by atoms with Gasteiger partial charge in [0.15, 0.2) is 5.82 Å². The van der Waals surface area contributed by atoms with Crippen molar-refractivity contribution in [3.05, 3.63) is 78.2 Å². The van der Waals surface area contributed by atoms with Gasteiger partial charge in [0.25, 0.3) is 0 Å². The van der Waals surface area contributed by atoms with E-state index in [9.17, 15) is 18.0 Å². The van der Waals surface area contributed by atoms with Crippen LogP contribution in [0.5, 0.6) is 0 Å². The lowest BCUT2D eigenvalue weighted by Crippen LogP contribution is -2.38. The highest BCUT2D eigenvalue weighted by Crippen LogP contribution is 2.47. The summed E-state index contributed by atoms with van der Waals surface area (Å²) in [4.78, 5) is 23.4. The Morgan fingerprint density at radius 2 is 1.87 bits per heavy atom. The molecule has 3 atom stereocenters. The van der Waals surface area contributed by atoms with Crippen molar-refractivity contribution in [2.45, 2.75) is 31.6 Å². The topological polar surface area (TPSA) is 89.8 Å². The van der Waals surface area contributed by atoms with Gasteiger partial charge in [0, 0.05) is 46.8 Å². The number of urea groups is 1. The zero-order valence-electron chi connectivity index (χ0n) is 21.1. The molecule has 0 bridgehead atoms. The summed E-state index contributed by atoms with van der Waals surface area (Å²) in [6, 6.07) is 13.7. The number of carbonyl (C=O) groups is 1. The van der Waals surface area contributed by atoms with Gasteiger partial charge in [0.05, 0.1) is 19.2 Å². The third kappa shape index (κ3) is 4.75. The van der Waals surface area contributed by atoms with Crippen LogP contribution in [0, 0.1) is 5.92 Å². The third-order valence-corrected chi connectivity index (χ3v) is 7.33. The number of hydrogen-bond donors (Lipinski definition) is 2. The molecule has 8 nitrogen and oxygen atoms in total. The first-order valence-electron chi connectivity index (χ1n) is 12.5. The van der Waals surface area contributed by atoms with Gasteiger partial charge in [-0.25, -0.2) is 14.9 Å². The summed E-state index contributed by atoms with van der Waals surface area (Å²) in [7, 11) is 1.44. The number of hydrogen-bond acceptors (Lipinski definition) is 5. The Labute approximate surface area is 222 Å². The molecule has 3 unspecified atom stereocenters. The van der Waals surface area contributed by atoms with Crippen LogP contribution in [-0.2, 0) is 0 Å². The average molecular weight is 533 g/mol. The molecule has 3 heterocycles. The number of fused-ring (bicyclic) bond motifs is 1. The van der Waals surface area contributed by atoms with Crippen molar-refractivity contribution in [2.75, 3.05) is 12.4 Å². The number of nitrogens with zero attached hydrogens (tertiary/aromatic N) is 5. The maximum atomic E-state index is 13.1. The quantitative estimate of drug-likeness (QED) is 0.318. The van der Waals surface area contributed by atoms with Crippen LogP contribution in [0.2, 0.25) is 0 Å². The van der Waals surface area contributed by atoms with Crippen LogP contribution >= 0.6 is 0 Å². The van der Waals surface area contributed by atoms with E-state index in [1.54, 1.807) is 24.7 Å². The van der Waals surface area contributed by atoms with Crippen molar-refractivity contribution in [3.63, 3.8) is 0 Å². The number of anilines is 2. The number of aromatic amines is 1. The van der Waals surface area contributed by atoms with E-state index in [0.29, 0.717) is 11.6 Å². The number of alkyl halides is 3. The minimum atomic E-state index is -4.29. The highest BCUT2D eigenvalue weighted by molar-refractivity contribution is 5.87. The second kappa shape index (κ2) is 9.33. The summed E-state index contributed by atoms with van der Waals surface area (Å²) in [5.41, 5.74) is 5.40. The van der Waals surface area contributed by atoms with Crippen LogP contribution < -0.4 is 5.32 Å². The minimum absolute atomic E-state index is 0.0543. The largest absolute Gasteiger partial charge is 0.493 e. The van der Waals surface area contributed by atoms with Crippen molar-refractivity contribution in [3.8, 4) is 22.5 Å². The molecule has 1 saturated carbocycles. The molecule has 1 fully saturated rings. The number of H-pyrrole nitrogens is 1. The molecule has 2 aliphatic rings. The number of carbonyl (C=O) groups excluding carboxylic acids is 1. The Morgan fingerprint density at radius 3 is 2.56 bits per heavy atom. The summed E-state index contributed by atoms with van der Waals surface area (Å²) in [5, 5.41) is 10.1. The fourth-order valence-corrected chi connectivity index (χ4v) is 4.98. The maximum Gasteiger partial charge on any atom is 0.493 e. The van der Waals surface area contributed by atoms with Crippen molar-refractivity contribution in [1.82, 2.24) is 25.1 Å². The van der Waals surface area contributed by atoms with Crippen LogP contribution in [0.1, 0.15) is 30.5 Å². The van der Waals surface area contributed by atoms with Gasteiger partial charge >= 0.3 is 12.2 Å². The van der Waals surface area contributed by atoms with Gasteiger partial charge in [-0.05, 0) is 36.8 Å². The predicted octanol–water partition coefficient (Wildman–Crippen LogP) is 5.79. The van der Waals surface area contributed by atoms with E-state index in [4.69, 9.17) is 0 Å². The predicted molar refractivity (Wildman–Crippen MR) is 140 cm³/mol. The van der Waals surface area contributed by atoms with Crippen molar-refractivity contribution in [2.24, 2.45) is 5.92 Å². The van der Waals surface area contributed by atoms with E-state index in [0.717, 1.165) is 33.5 Å². The molecule has 0 radical (unpaired) electrons. The van der Waals surface area contributed by atoms with E-state index >= 15 is 0 Å². The highest BCUT2D eigenvalue weighted by Gasteiger charge is 2.62. The SMILES string of the molecule is CC1c2cc(-c3nccc(Nc4ccc(-c5cn[nH]c5)cc4)n3)ccc2C=[N+]1C(=O)N(C)C1CC1C(F)(F)F. The molecule has 2 N–H and O–H groups in total. The van der Waals surface area contributed by atoms with Gasteiger partial charge < -0.3 is 5.32 Å². The summed E-state index contributed by atoms with van der Waals surface area (Å²) >= 11 is 0. The smallest absolute Gasteiger partial charge is 0.340 e. The summed E-state index contributed by atoms with van der Waals surface area (Å²) in [6.07, 6.45) is 2.62. The summed E-state index contributed by atoms with van der Waals surface area (Å²) in [6.45, 7) is 1.86. The second-order valence-electron chi connectivity index (χ2n) is 9.86. The minimum Gasteiger partial charge on any atom is -0.340 e. The van der Waals surface area contributed by atoms with Crippen molar-refractivity contribution >= 4 is 23.8 Å². The van der Waals surface area contributed by atoms with Crippen molar-refractivity contribution < 1.29 is 22.5 Å². The molecule has 11 heteroatoms. The zero-order chi connectivity index (χ0) is 27.3. The van der Waals surface area contributed by atoms with Gasteiger partial charge in [-0.1, -0.05) is 24.3 Å². The number of aromatic nitrogens is 4. The van der Waals surface area contributed by atoms with Crippen LogP contribution in [-0.4, -0.2) is 61.2 Å². The van der Waals surface area contributed by atoms with E-state index in [-0.39, 0.29) is 12.5 Å². The van der Waals surface area contributed by atoms with Crippen LogP contribution in [0.15, 0.2) is 67.1 Å². The monoisotopic (exact) mass is 532 g/mol. The fourth-order valence-electron chi connectivity index (χ4n) is 4.98. The third-order valence-electron chi connectivity index (χ3n) is 7.33. The molecule has 6 rings (SSSR count). The van der Waals surface area contributed by atoms with E-state index in [1.807, 2.05) is 55.6 Å². The molecule has 39 heavy (non-hydrogen) atoms. The molecule has 1 aliphatic carbocycles. The normalized spacial score (nSPS) is 19.8. The van der Waals surface area contributed by atoms with Crippen LogP contribution in [0.3, 0.4) is 0 Å². The Kier molecular flexibility index (Phi) is 5.93. The van der Waals surface area contributed by atoms with Gasteiger partial charge in [0.2, 0.25) is 0 Å². The number of benzene rings is 2. The Hall–Kier alpha value is -4.54. The summed E-state index contributed by atoms with van der Waals surface area (Å²) in [5.74, 6) is -0.318. The maximum absolute atomic E-state index is 13.1. The first-order valence-corrected chi connectivity index (χ1v) is 12.5. The van der Waals surface area contributed by atoms with E-state index in [1.165, 1.54) is 16.5 Å². The van der Waals surface area contributed by atoms with E-state index in [2.05, 4.69) is 25.5 Å². The van der Waals surface area contributed by atoms with Gasteiger partial charge in [-0.15, -0.1) is 0 Å². The lowest BCUT2D eigenvalue weighted by Gasteiger charge is -2.15. The second-order valence-corrected chi connectivity index (χ2v) is 9.86. The molecule has 2 aromatic carbocycles. The molecular weight excluding hydrogens is 507 g/mol. The lowest BCUT2D eigenvalue weighted by atomic mass is 10.0. The molecule has 2 aromatic heterocycles. The van der Waals surface area contributed by atoms with Crippen LogP contribution in [0.4, 0.5) is 29.5 Å². The first kappa shape index (κ1) is 24.8. The Balaban J connectivity index is 1.17. The number of halogens is 3. The van der Waals surface area contributed by atoms with Crippen LogP contribution in [0.25, 0.3) is 22.5 Å². The number of nitrogens with one attached hydrogen (secondary N) is 2. The molecule has 4 aromatic rings. The molecule has 0 spiro atoms. The average Bonchev–Trinajstić information content (AvgIpc) is 3.44. The molecule has 1 aliphatic heterocycles. The van der Waals surface area contributed by atoms with Crippen molar-refractivity contribution in [1.29, 1.82) is 0 Å². The molecular formula is C28H25F3N7O+. The zero-order valence-corrected chi connectivity index (χ0v) is 21.1. The fraction of sp³-hybridized carbons (Fsp3) is 0.250. The van der Waals surface area contributed by atoms with E-state index < -0.39 is 24.2 Å². The number of amides is 2. The molecule has 2 amide bonds. The molecule has 198 valence electrons. The Bertz CT molecular complexity index is 1570. The lowest BCUT2D eigenvalue weighted by molar-refractivity contribution is -0.471. The van der Waals surface area contributed by atoms with Gasteiger partial charge in [-0.3, -0.25) is 5.10 Å². The van der Waals surface area contributed by atoms with Gasteiger partial charge in [-0.2, -0.15) is 27.6 Å². The van der Waals surface area contributed by atoms with Gasteiger partial charge in [0.1, 0.15) is 24.1 Å². The summed E-state index contributed by atoms with van der Waals surface area (Å²) < 4.78 is 40.6. The standard InChI is InChI=1S/C28H24F3N7O/c1-16-22-11-18(3-4-19(22)15-38(16)27(39)37(2)24-12-23(24)28(29,30)31)26-32-10-9-25(36-26)35-21-7-5-17(6-8-21)20-13-33-34-14-20/h3-11,13-16,23-24H,12H2,1-2H3,(H,32,36)/p+1. The molecule has 0 saturated heterocycles. The first-order chi connectivity index (χ1) is 18.7. The highest BCUT2D eigenvalue weighted by atomic mass is 19.4.